The Kier molecular flexibility index (Phi) is 3.08. The second-order valence-corrected chi connectivity index (χ2v) is 7.40. The highest BCUT2D eigenvalue weighted by Crippen LogP contribution is 2.53. The van der Waals surface area contributed by atoms with Crippen LogP contribution < -0.4 is 5.32 Å². The van der Waals surface area contributed by atoms with Crippen molar-refractivity contribution in [3.8, 4) is 0 Å². The second-order valence-electron chi connectivity index (χ2n) is 6.96. The van der Waals surface area contributed by atoms with Gasteiger partial charge in [0.15, 0.2) is 0 Å². The van der Waals surface area contributed by atoms with Gasteiger partial charge in [0, 0.05) is 17.6 Å². The van der Waals surface area contributed by atoms with Crippen LogP contribution in [0.1, 0.15) is 37.7 Å². The van der Waals surface area contributed by atoms with Crippen molar-refractivity contribution in [1.29, 1.82) is 0 Å². The third-order valence-electron chi connectivity index (χ3n) is 5.68. The van der Waals surface area contributed by atoms with Crippen molar-refractivity contribution in [3.63, 3.8) is 0 Å². The normalized spacial score (nSPS) is 39.7. The molecule has 1 aromatic carbocycles. The van der Waals surface area contributed by atoms with Crippen LogP contribution in [0.15, 0.2) is 24.3 Å². The molecule has 0 saturated heterocycles. The van der Waals surface area contributed by atoms with E-state index in [0.29, 0.717) is 0 Å². The fourth-order valence-corrected chi connectivity index (χ4v) is 5.22. The van der Waals surface area contributed by atoms with Crippen molar-refractivity contribution in [3.05, 3.63) is 34.9 Å². The van der Waals surface area contributed by atoms with Crippen LogP contribution in [0.5, 0.6) is 0 Å². The molecule has 4 saturated carbocycles. The fourth-order valence-electron chi connectivity index (χ4n) is 5.10. The number of hydrogen-bond donors (Lipinski definition) is 1. The van der Waals surface area contributed by atoms with E-state index in [2.05, 4.69) is 17.4 Å². The maximum absolute atomic E-state index is 5.94. The third kappa shape index (κ3) is 2.32. The number of rotatable bonds is 3. The number of hydrogen-bond acceptors (Lipinski definition) is 1. The molecule has 0 radical (unpaired) electrons. The molecule has 19 heavy (non-hydrogen) atoms. The van der Waals surface area contributed by atoms with Gasteiger partial charge in [0.2, 0.25) is 0 Å². The minimum Gasteiger partial charge on any atom is -0.309 e. The zero-order valence-electron chi connectivity index (χ0n) is 11.3. The van der Waals surface area contributed by atoms with Gasteiger partial charge in [0.1, 0.15) is 0 Å². The van der Waals surface area contributed by atoms with Crippen molar-refractivity contribution < 1.29 is 0 Å². The maximum atomic E-state index is 5.94. The summed E-state index contributed by atoms with van der Waals surface area (Å²) in [6.45, 7) is 1.00. The lowest BCUT2D eigenvalue weighted by molar-refractivity contribution is -0.0142. The molecule has 4 aliphatic carbocycles. The van der Waals surface area contributed by atoms with Crippen molar-refractivity contribution in [2.24, 2.45) is 23.7 Å². The molecule has 0 amide bonds. The van der Waals surface area contributed by atoms with E-state index < -0.39 is 0 Å². The summed E-state index contributed by atoms with van der Waals surface area (Å²) in [5.74, 6) is 4.05. The minimum atomic E-state index is 0.781. The van der Waals surface area contributed by atoms with Gasteiger partial charge >= 0.3 is 0 Å². The molecule has 0 heterocycles. The van der Waals surface area contributed by atoms with Gasteiger partial charge < -0.3 is 5.32 Å². The molecule has 0 aliphatic heterocycles. The number of halogens is 1. The Balaban J connectivity index is 1.42. The molecule has 4 bridgehead atoms. The van der Waals surface area contributed by atoms with Gasteiger partial charge in [-0.3, -0.25) is 0 Å². The van der Waals surface area contributed by atoms with Gasteiger partial charge in [0.05, 0.1) is 0 Å². The first kappa shape index (κ1) is 12.2. The first-order valence-corrected chi connectivity index (χ1v) is 8.13. The second kappa shape index (κ2) is 4.79. The molecule has 4 fully saturated rings. The average Bonchev–Trinajstić information content (AvgIpc) is 2.39. The smallest absolute Gasteiger partial charge is 0.0406 e. The first-order chi connectivity index (χ1) is 9.28. The highest BCUT2D eigenvalue weighted by atomic mass is 35.5. The summed E-state index contributed by atoms with van der Waals surface area (Å²) in [4.78, 5) is 0. The molecule has 1 N–H and O–H groups in total. The summed E-state index contributed by atoms with van der Waals surface area (Å²) < 4.78 is 0. The molecule has 1 aromatic rings. The van der Waals surface area contributed by atoms with Crippen LogP contribution in [0, 0.1) is 23.7 Å². The quantitative estimate of drug-likeness (QED) is 0.869. The Morgan fingerprint density at radius 1 is 0.895 bits per heavy atom. The summed E-state index contributed by atoms with van der Waals surface area (Å²) in [6, 6.07) is 9.06. The van der Waals surface area contributed by atoms with Gasteiger partial charge in [-0.05, 0) is 73.5 Å². The molecule has 1 nitrogen and oxygen atoms in total. The van der Waals surface area contributed by atoms with Crippen molar-refractivity contribution in [2.75, 3.05) is 0 Å². The molecule has 2 heteroatoms. The van der Waals surface area contributed by atoms with Crippen molar-refractivity contribution in [1.82, 2.24) is 5.32 Å². The van der Waals surface area contributed by atoms with Crippen LogP contribution in [0.3, 0.4) is 0 Å². The Morgan fingerprint density at radius 3 is 2.05 bits per heavy atom. The number of nitrogens with one attached hydrogen (secondary N) is 1. The van der Waals surface area contributed by atoms with Gasteiger partial charge in [-0.25, -0.2) is 0 Å². The van der Waals surface area contributed by atoms with E-state index in [4.69, 9.17) is 11.6 Å². The molecule has 0 aromatic heterocycles. The van der Waals surface area contributed by atoms with Crippen LogP contribution in [0.2, 0.25) is 5.02 Å². The molecule has 0 spiro atoms. The molecule has 0 atom stereocenters. The molecule has 5 rings (SSSR count). The summed E-state index contributed by atoms with van der Waals surface area (Å²) >= 11 is 5.94. The van der Waals surface area contributed by atoms with Crippen LogP contribution in [0.4, 0.5) is 0 Å². The number of benzene rings is 1. The van der Waals surface area contributed by atoms with Gasteiger partial charge in [-0.1, -0.05) is 23.7 Å². The zero-order chi connectivity index (χ0) is 12.8. The van der Waals surface area contributed by atoms with Crippen LogP contribution in [-0.2, 0) is 6.54 Å². The standard InChI is InChI=1S/C17H22ClN/c18-16-3-1-11(2-4-16)10-19-17-14-6-12-5-13(8-14)9-15(17)7-12/h1-4,12-15,17,19H,5-10H2. The van der Waals surface area contributed by atoms with Crippen LogP contribution in [0.25, 0.3) is 0 Å². The van der Waals surface area contributed by atoms with E-state index in [1.165, 1.54) is 37.7 Å². The highest BCUT2D eigenvalue weighted by Gasteiger charge is 2.47. The predicted octanol–water partition coefficient (Wildman–Crippen LogP) is 4.25. The van der Waals surface area contributed by atoms with Crippen molar-refractivity contribution >= 4 is 11.6 Å². The monoisotopic (exact) mass is 275 g/mol. The molecule has 102 valence electrons. The van der Waals surface area contributed by atoms with Crippen molar-refractivity contribution in [2.45, 2.75) is 44.7 Å². The lowest BCUT2D eigenvalue weighted by atomic mass is 9.54. The summed E-state index contributed by atoms with van der Waals surface area (Å²) in [6.07, 6.45) is 7.50. The van der Waals surface area contributed by atoms with Gasteiger partial charge in [0.25, 0.3) is 0 Å². The minimum absolute atomic E-state index is 0.781. The van der Waals surface area contributed by atoms with Crippen LogP contribution in [-0.4, -0.2) is 6.04 Å². The Morgan fingerprint density at radius 2 is 1.47 bits per heavy atom. The Bertz CT molecular complexity index is 425. The Labute approximate surface area is 120 Å². The molecule has 4 aliphatic rings. The Hall–Kier alpha value is -0.530. The summed E-state index contributed by atoms with van der Waals surface area (Å²) in [5.41, 5.74) is 1.36. The van der Waals surface area contributed by atoms with Gasteiger partial charge in [-0.15, -0.1) is 0 Å². The van der Waals surface area contributed by atoms with E-state index in [1.807, 2.05) is 12.1 Å². The summed E-state index contributed by atoms with van der Waals surface area (Å²) in [5, 5.41) is 4.69. The molecule has 0 unspecified atom stereocenters. The predicted molar refractivity (Wildman–Crippen MR) is 79.1 cm³/mol. The topological polar surface area (TPSA) is 12.0 Å². The lowest BCUT2D eigenvalue weighted by Crippen LogP contribution is -2.54. The van der Waals surface area contributed by atoms with E-state index in [-0.39, 0.29) is 0 Å². The maximum Gasteiger partial charge on any atom is 0.0406 e. The van der Waals surface area contributed by atoms with E-state index in [0.717, 1.165) is 41.3 Å². The highest BCUT2D eigenvalue weighted by molar-refractivity contribution is 6.30. The fraction of sp³-hybridized carbons (Fsp3) is 0.647. The zero-order valence-corrected chi connectivity index (χ0v) is 12.1. The van der Waals surface area contributed by atoms with E-state index in [9.17, 15) is 0 Å². The summed E-state index contributed by atoms with van der Waals surface area (Å²) in [7, 11) is 0. The average molecular weight is 276 g/mol. The van der Waals surface area contributed by atoms with Gasteiger partial charge in [-0.2, -0.15) is 0 Å². The molecular formula is C17H22ClN. The molecular weight excluding hydrogens is 254 g/mol. The third-order valence-corrected chi connectivity index (χ3v) is 5.93. The van der Waals surface area contributed by atoms with E-state index >= 15 is 0 Å². The largest absolute Gasteiger partial charge is 0.309 e. The lowest BCUT2D eigenvalue weighted by Gasteiger charge is -2.54. The van der Waals surface area contributed by atoms with E-state index in [1.54, 1.807) is 0 Å². The SMILES string of the molecule is Clc1ccc(CNC2C3CC4CC(C3)CC2C4)cc1. The first-order valence-electron chi connectivity index (χ1n) is 7.76. The van der Waals surface area contributed by atoms with Crippen LogP contribution >= 0.6 is 11.6 Å².